The Morgan fingerprint density at radius 3 is 2.71 bits per heavy atom. The summed E-state index contributed by atoms with van der Waals surface area (Å²) < 4.78 is 5.53. The van der Waals surface area contributed by atoms with Gasteiger partial charge in [-0.2, -0.15) is 0 Å². The fourth-order valence-corrected chi connectivity index (χ4v) is 1.97. The summed E-state index contributed by atoms with van der Waals surface area (Å²) in [4.78, 5) is 2.29. The lowest BCUT2D eigenvalue weighted by molar-refractivity contribution is 0.325. The van der Waals surface area contributed by atoms with E-state index < -0.39 is 0 Å². The third-order valence-electron chi connectivity index (χ3n) is 2.67. The fourth-order valence-electron chi connectivity index (χ4n) is 1.85. The molecule has 0 spiro atoms. The Kier molecular flexibility index (Phi) is 6.38. The van der Waals surface area contributed by atoms with Crippen molar-refractivity contribution in [2.45, 2.75) is 26.8 Å². The lowest BCUT2D eigenvalue weighted by atomic mass is 10.1. The van der Waals surface area contributed by atoms with Gasteiger partial charge in [-0.05, 0) is 51.1 Å². The number of benzene rings is 1. The van der Waals surface area contributed by atoms with Gasteiger partial charge in [0, 0.05) is 12.4 Å². The van der Waals surface area contributed by atoms with Crippen LogP contribution >= 0.6 is 11.6 Å². The van der Waals surface area contributed by atoms with E-state index in [4.69, 9.17) is 16.3 Å². The van der Waals surface area contributed by atoms with Crippen LogP contribution in [0.15, 0.2) is 18.2 Å². The van der Waals surface area contributed by atoms with Gasteiger partial charge < -0.3 is 9.64 Å². The second-order valence-corrected chi connectivity index (χ2v) is 4.69. The fraction of sp³-hybridized carbons (Fsp3) is 0.571. The minimum absolute atomic E-state index is 0.718. The van der Waals surface area contributed by atoms with Crippen molar-refractivity contribution < 1.29 is 4.74 Å². The summed E-state index contributed by atoms with van der Waals surface area (Å²) in [7, 11) is 2.12. The Labute approximate surface area is 110 Å². The number of ether oxygens (including phenoxy) is 1. The maximum atomic E-state index is 5.69. The summed E-state index contributed by atoms with van der Waals surface area (Å²) in [6, 6.07) is 6.39. The van der Waals surface area contributed by atoms with Crippen molar-refractivity contribution >= 4 is 11.6 Å². The molecule has 0 fully saturated rings. The highest BCUT2D eigenvalue weighted by molar-refractivity contribution is 6.17. The molecule has 0 unspecified atom stereocenters. The molecule has 0 saturated carbocycles. The highest BCUT2D eigenvalue weighted by atomic mass is 35.5. The van der Waals surface area contributed by atoms with Crippen LogP contribution in [0.1, 0.15) is 24.5 Å². The Morgan fingerprint density at radius 2 is 2.12 bits per heavy atom. The molecule has 0 amide bonds. The third kappa shape index (κ3) is 4.97. The van der Waals surface area contributed by atoms with Gasteiger partial charge in [-0.3, -0.25) is 0 Å². The normalized spacial score (nSPS) is 10.9. The van der Waals surface area contributed by atoms with Gasteiger partial charge in [0.25, 0.3) is 0 Å². The first-order chi connectivity index (χ1) is 8.17. The molecule has 0 aliphatic carbocycles. The van der Waals surface area contributed by atoms with Crippen molar-refractivity contribution in [3.8, 4) is 5.75 Å². The van der Waals surface area contributed by atoms with E-state index in [1.165, 1.54) is 11.1 Å². The van der Waals surface area contributed by atoms with Crippen LogP contribution in [0.2, 0.25) is 0 Å². The van der Waals surface area contributed by atoms with Crippen LogP contribution in [-0.4, -0.2) is 31.0 Å². The number of hydrogen-bond donors (Lipinski definition) is 0. The van der Waals surface area contributed by atoms with Crippen LogP contribution in [0.25, 0.3) is 0 Å². The molecule has 2 nitrogen and oxygen atoms in total. The molecule has 0 aliphatic heterocycles. The number of nitrogens with zero attached hydrogens (tertiary/aromatic N) is 1. The van der Waals surface area contributed by atoms with Gasteiger partial charge in [-0.1, -0.05) is 12.1 Å². The topological polar surface area (TPSA) is 12.5 Å². The third-order valence-corrected chi connectivity index (χ3v) is 2.93. The molecule has 0 aromatic heterocycles. The maximum Gasteiger partial charge on any atom is 0.122 e. The lowest BCUT2D eigenvalue weighted by Crippen LogP contribution is -2.19. The van der Waals surface area contributed by atoms with Gasteiger partial charge in [-0.25, -0.2) is 0 Å². The first-order valence-corrected chi connectivity index (χ1v) is 6.67. The average Bonchev–Trinajstić information content (AvgIpc) is 2.30. The number of halogens is 1. The van der Waals surface area contributed by atoms with Gasteiger partial charge in [-0.15, -0.1) is 11.6 Å². The van der Waals surface area contributed by atoms with Crippen LogP contribution in [0.4, 0.5) is 0 Å². The molecule has 0 aliphatic rings. The Hall–Kier alpha value is -0.730. The minimum atomic E-state index is 0.718. The highest BCUT2D eigenvalue weighted by Crippen LogP contribution is 2.19. The first-order valence-electron chi connectivity index (χ1n) is 6.14. The average molecular weight is 256 g/mol. The molecule has 0 heterocycles. The van der Waals surface area contributed by atoms with Crippen LogP contribution in [0.3, 0.4) is 0 Å². The zero-order chi connectivity index (χ0) is 12.7. The highest BCUT2D eigenvalue weighted by Gasteiger charge is 2.03. The summed E-state index contributed by atoms with van der Waals surface area (Å²) in [5, 5.41) is 0. The van der Waals surface area contributed by atoms with Crippen molar-refractivity contribution in [2.75, 3.05) is 26.1 Å². The summed E-state index contributed by atoms with van der Waals surface area (Å²) >= 11 is 5.69. The van der Waals surface area contributed by atoms with Gasteiger partial charge >= 0.3 is 0 Å². The van der Waals surface area contributed by atoms with Crippen molar-refractivity contribution in [1.82, 2.24) is 4.90 Å². The first kappa shape index (κ1) is 14.3. The molecule has 3 heteroatoms. The largest absolute Gasteiger partial charge is 0.494 e. The van der Waals surface area contributed by atoms with Gasteiger partial charge in [0.1, 0.15) is 5.75 Å². The van der Waals surface area contributed by atoms with Crippen molar-refractivity contribution in [3.63, 3.8) is 0 Å². The molecular formula is C14H22ClNO. The van der Waals surface area contributed by atoms with Gasteiger partial charge in [0.05, 0.1) is 6.61 Å². The van der Waals surface area contributed by atoms with Crippen LogP contribution in [0, 0.1) is 6.92 Å². The standard InChI is InChI=1S/C14H22ClNO/c1-4-17-14-7-6-13(10-12(14)2)11-16(3)9-5-8-15/h6-7,10H,4-5,8-9,11H2,1-3H3. The van der Waals surface area contributed by atoms with Crippen molar-refractivity contribution in [3.05, 3.63) is 29.3 Å². The zero-order valence-electron chi connectivity index (χ0n) is 11.0. The maximum absolute atomic E-state index is 5.69. The number of alkyl halides is 1. The molecule has 1 rings (SSSR count). The van der Waals surface area contributed by atoms with E-state index in [2.05, 4.69) is 37.1 Å². The number of aryl methyl sites for hydroxylation is 1. The molecule has 1 aromatic carbocycles. The van der Waals surface area contributed by atoms with Crippen LogP contribution < -0.4 is 4.74 Å². The quantitative estimate of drug-likeness (QED) is 0.692. The molecule has 0 radical (unpaired) electrons. The second-order valence-electron chi connectivity index (χ2n) is 4.31. The van der Waals surface area contributed by atoms with E-state index in [1.54, 1.807) is 0 Å². The summed E-state index contributed by atoms with van der Waals surface area (Å²) in [6.45, 7) is 6.82. The number of rotatable bonds is 7. The lowest BCUT2D eigenvalue weighted by Gasteiger charge is -2.17. The van der Waals surface area contributed by atoms with E-state index in [0.29, 0.717) is 0 Å². The molecule has 0 bridgehead atoms. The SMILES string of the molecule is CCOc1ccc(CN(C)CCCCl)cc1C. The molecule has 0 atom stereocenters. The molecule has 0 saturated heterocycles. The van der Waals surface area contributed by atoms with Crippen LogP contribution in [-0.2, 0) is 6.54 Å². The van der Waals surface area contributed by atoms with E-state index in [0.717, 1.165) is 37.7 Å². The molecule has 1 aromatic rings. The van der Waals surface area contributed by atoms with Crippen LogP contribution in [0.5, 0.6) is 5.75 Å². The minimum Gasteiger partial charge on any atom is -0.494 e. The van der Waals surface area contributed by atoms with E-state index >= 15 is 0 Å². The number of hydrogen-bond acceptors (Lipinski definition) is 2. The molecular weight excluding hydrogens is 234 g/mol. The zero-order valence-corrected chi connectivity index (χ0v) is 11.8. The van der Waals surface area contributed by atoms with Gasteiger partial charge in [0.2, 0.25) is 0 Å². The van der Waals surface area contributed by atoms with Crippen molar-refractivity contribution in [1.29, 1.82) is 0 Å². The van der Waals surface area contributed by atoms with E-state index in [-0.39, 0.29) is 0 Å². The predicted molar refractivity (Wildman–Crippen MR) is 74.0 cm³/mol. The molecule has 96 valence electrons. The summed E-state index contributed by atoms with van der Waals surface area (Å²) in [5.74, 6) is 1.71. The summed E-state index contributed by atoms with van der Waals surface area (Å²) in [5.41, 5.74) is 2.53. The van der Waals surface area contributed by atoms with E-state index in [9.17, 15) is 0 Å². The Balaban J connectivity index is 2.57. The smallest absolute Gasteiger partial charge is 0.122 e. The van der Waals surface area contributed by atoms with Crippen molar-refractivity contribution in [2.24, 2.45) is 0 Å². The van der Waals surface area contributed by atoms with Gasteiger partial charge in [0.15, 0.2) is 0 Å². The Bertz CT molecular complexity index is 341. The second kappa shape index (κ2) is 7.57. The summed E-state index contributed by atoms with van der Waals surface area (Å²) in [6.07, 6.45) is 1.04. The predicted octanol–water partition coefficient (Wildman–Crippen LogP) is 3.45. The Morgan fingerprint density at radius 1 is 1.35 bits per heavy atom. The van der Waals surface area contributed by atoms with E-state index in [1.807, 2.05) is 6.92 Å². The monoisotopic (exact) mass is 255 g/mol. The molecule has 0 N–H and O–H groups in total. The molecule has 17 heavy (non-hydrogen) atoms.